The molecule has 1 aliphatic heterocycles. The number of carbonyl (C=O) groups excluding carboxylic acids is 1. The van der Waals surface area contributed by atoms with E-state index >= 15 is 0 Å². The number of piperidine rings is 1. The highest BCUT2D eigenvalue weighted by Gasteiger charge is 2.38. The molecule has 1 fully saturated rings. The zero-order chi connectivity index (χ0) is 21.3. The van der Waals surface area contributed by atoms with Crippen LogP contribution in [-0.4, -0.2) is 44.8 Å². The number of carbonyl (C=O) groups is 1. The summed E-state index contributed by atoms with van der Waals surface area (Å²) in [5.41, 5.74) is 6.15. The largest absolute Gasteiger partial charge is 0.490 e. The van der Waals surface area contributed by atoms with Crippen molar-refractivity contribution in [3.63, 3.8) is 0 Å². The Morgan fingerprint density at radius 3 is 2.67 bits per heavy atom. The number of halogens is 3. The van der Waals surface area contributed by atoms with Gasteiger partial charge in [0.25, 0.3) is 0 Å². The molecule has 0 saturated carbocycles. The third-order valence-electron chi connectivity index (χ3n) is 5.00. The number of primary amides is 1. The van der Waals surface area contributed by atoms with Gasteiger partial charge in [0, 0.05) is 24.7 Å². The molecule has 0 spiro atoms. The zero-order valence-electron chi connectivity index (χ0n) is 15.9. The summed E-state index contributed by atoms with van der Waals surface area (Å²) in [7, 11) is 0. The Kier molecular flexibility index (Phi) is 5.37. The van der Waals surface area contributed by atoms with Crippen molar-refractivity contribution in [1.82, 2.24) is 19.7 Å². The highest BCUT2D eigenvalue weighted by atomic mass is 19.4. The fourth-order valence-electron chi connectivity index (χ4n) is 3.59. The van der Waals surface area contributed by atoms with Gasteiger partial charge in [-0.3, -0.25) is 9.69 Å². The van der Waals surface area contributed by atoms with Crippen molar-refractivity contribution >= 4 is 16.8 Å². The Labute approximate surface area is 169 Å². The van der Waals surface area contributed by atoms with Crippen LogP contribution in [0.4, 0.5) is 13.2 Å². The maximum atomic E-state index is 12.6. The molecule has 0 radical (unpaired) electrons. The molecule has 1 aromatic carbocycles. The third-order valence-corrected chi connectivity index (χ3v) is 5.00. The minimum absolute atomic E-state index is 0.0280. The highest BCUT2D eigenvalue weighted by Crippen LogP contribution is 2.30. The number of hydrogen-bond acceptors (Lipinski definition) is 6. The molecule has 2 N–H and O–H groups in total. The van der Waals surface area contributed by atoms with E-state index in [2.05, 4.69) is 10.2 Å². The Morgan fingerprint density at radius 2 is 2.00 bits per heavy atom. The van der Waals surface area contributed by atoms with Crippen molar-refractivity contribution in [2.45, 2.75) is 38.2 Å². The van der Waals surface area contributed by atoms with Crippen LogP contribution in [0.1, 0.15) is 24.6 Å². The Hall–Kier alpha value is -3.08. The molecule has 2 aromatic heterocycles. The summed E-state index contributed by atoms with van der Waals surface area (Å²) in [6.45, 7) is 1.53. The molecule has 160 valence electrons. The van der Waals surface area contributed by atoms with Crippen LogP contribution >= 0.6 is 0 Å². The van der Waals surface area contributed by atoms with E-state index in [1.54, 1.807) is 10.8 Å². The molecule has 1 aliphatic rings. The van der Waals surface area contributed by atoms with Crippen LogP contribution in [-0.2, 0) is 24.1 Å². The van der Waals surface area contributed by atoms with Crippen molar-refractivity contribution in [1.29, 1.82) is 0 Å². The molecule has 0 aliphatic carbocycles. The first kappa shape index (κ1) is 20.2. The summed E-state index contributed by atoms with van der Waals surface area (Å²) >= 11 is 0. The predicted molar refractivity (Wildman–Crippen MR) is 99.4 cm³/mol. The molecule has 1 amide bonds. The van der Waals surface area contributed by atoms with Crippen molar-refractivity contribution in [2.75, 3.05) is 13.1 Å². The summed E-state index contributed by atoms with van der Waals surface area (Å²) in [5.74, 6) is -1.08. The van der Waals surface area contributed by atoms with Crippen LogP contribution in [0.3, 0.4) is 0 Å². The van der Waals surface area contributed by atoms with E-state index in [-0.39, 0.29) is 25.1 Å². The van der Waals surface area contributed by atoms with Gasteiger partial charge < -0.3 is 19.5 Å². The van der Waals surface area contributed by atoms with Crippen LogP contribution in [0.2, 0.25) is 0 Å². The van der Waals surface area contributed by atoms with Crippen molar-refractivity contribution in [3.8, 4) is 5.75 Å². The van der Waals surface area contributed by atoms with E-state index < -0.39 is 18.0 Å². The van der Waals surface area contributed by atoms with Crippen molar-refractivity contribution in [3.05, 3.63) is 42.2 Å². The number of benzene rings is 1. The molecular formula is C19H20F3N5O3. The Morgan fingerprint density at radius 1 is 1.23 bits per heavy atom. The van der Waals surface area contributed by atoms with Gasteiger partial charge >= 0.3 is 12.1 Å². The number of ether oxygens (including phenoxy) is 1. The van der Waals surface area contributed by atoms with Crippen LogP contribution in [0.25, 0.3) is 10.9 Å². The maximum Gasteiger partial charge on any atom is 0.470 e. The second kappa shape index (κ2) is 7.98. The van der Waals surface area contributed by atoms with Crippen LogP contribution < -0.4 is 10.5 Å². The van der Waals surface area contributed by atoms with E-state index in [1.165, 1.54) is 0 Å². The molecule has 0 bridgehead atoms. The highest BCUT2D eigenvalue weighted by molar-refractivity contribution is 5.87. The fraction of sp³-hybridized carbons (Fsp3) is 0.421. The number of amides is 1. The lowest BCUT2D eigenvalue weighted by Crippen LogP contribution is -2.37. The topological polar surface area (TPSA) is 99.4 Å². The average molecular weight is 423 g/mol. The van der Waals surface area contributed by atoms with Gasteiger partial charge in [0.15, 0.2) is 0 Å². The molecular weight excluding hydrogens is 403 g/mol. The summed E-state index contributed by atoms with van der Waals surface area (Å²) in [5, 5.41) is 7.42. The van der Waals surface area contributed by atoms with Gasteiger partial charge in [0.1, 0.15) is 18.4 Å². The molecule has 3 heterocycles. The predicted octanol–water partition coefficient (Wildman–Crippen LogP) is 2.57. The molecule has 30 heavy (non-hydrogen) atoms. The number of nitrogens with zero attached hydrogens (tertiary/aromatic N) is 4. The first-order chi connectivity index (χ1) is 14.3. The first-order valence-electron chi connectivity index (χ1n) is 9.44. The number of fused-ring (bicyclic) bond motifs is 1. The van der Waals surface area contributed by atoms with Gasteiger partial charge in [-0.05, 0) is 31.0 Å². The van der Waals surface area contributed by atoms with Gasteiger partial charge in [-0.1, -0.05) is 6.07 Å². The van der Waals surface area contributed by atoms with Crippen LogP contribution in [0.5, 0.6) is 5.75 Å². The van der Waals surface area contributed by atoms with E-state index in [1.807, 2.05) is 29.2 Å². The molecule has 8 nitrogen and oxygen atoms in total. The lowest BCUT2D eigenvalue weighted by Gasteiger charge is -2.31. The molecule has 4 rings (SSSR count). The summed E-state index contributed by atoms with van der Waals surface area (Å²) in [6, 6.07) is 7.52. The lowest BCUT2D eigenvalue weighted by atomic mass is 10.1. The van der Waals surface area contributed by atoms with Crippen molar-refractivity contribution < 1.29 is 27.1 Å². The molecule has 3 aromatic rings. The summed E-state index contributed by atoms with van der Waals surface area (Å²) in [4.78, 5) is 13.2. The van der Waals surface area contributed by atoms with E-state index in [0.717, 1.165) is 16.7 Å². The second-order valence-electron chi connectivity index (χ2n) is 7.19. The van der Waals surface area contributed by atoms with E-state index in [4.69, 9.17) is 14.9 Å². The minimum Gasteiger partial charge on any atom is -0.490 e. The lowest BCUT2D eigenvalue weighted by molar-refractivity contribution is -0.157. The molecule has 11 heteroatoms. The van der Waals surface area contributed by atoms with Gasteiger partial charge in [0.2, 0.25) is 11.8 Å². The quantitative estimate of drug-likeness (QED) is 0.654. The van der Waals surface area contributed by atoms with Crippen molar-refractivity contribution in [2.24, 2.45) is 5.73 Å². The smallest absolute Gasteiger partial charge is 0.470 e. The summed E-state index contributed by atoms with van der Waals surface area (Å²) < 4.78 is 50.3. The number of hydrogen-bond donors (Lipinski definition) is 1. The van der Waals surface area contributed by atoms with Crippen LogP contribution in [0, 0.1) is 0 Å². The monoisotopic (exact) mass is 423 g/mol. The summed E-state index contributed by atoms with van der Waals surface area (Å²) in [6.07, 6.45) is -1.45. The van der Waals surface area contributed by atoms with E-state index in [9.17, 15) is 18.0 Å². The molecule has 0 unspecified atom stereocenters. The Bertz CT molecular complexity index is 1040. The number of alkyl halides is 3. The fourth-order valence-corrected chi connectivity index (χ4v) is 3.59. The maximum absolute atomic E-state index is 12.6. The minimum atomic E-state index is -4.64. The molecule has 0 atom stereocenters. The average Bonchev–Trinajstić information content (AvgIpc) is 3.31. The zero-order valence-corrected chi connectivity index (χ0v) is 15.9. The van der Waals surface area contributed by atoms with E-state index in [0.29, 0.717) is 25.9 Å². The number of nitrogens with two attached hydrogens (primary N) is 1. The SMILES string of the molecule is NC(=O)Cn1ccc2c(OC3CCN(Cc4nnc(C(F)(F)F)o4)CC3)cccc21. The van der Waals surface area contributed by atoms with Gasteiger partial charge in [0.05, 0.1) is 12.1 Å². The number of likely N-dealkylation sites (tertiary alicyclic amines) is 1. The third kappa shape index (κ3) is 4.40. The standard InChI is InChI=1S/C19H20F3N5O3/c20-19(21,22)18-25-24-17(30-18)11-26-7-4-12(5-8-26)29-15-3-1-2-14-13(15)6-9-27(14)10-16(23)28/h1-3,6,9,12H,4-5,7-8,10-11H2,(H2,23,28). The van der Waals surface area contributed by atoms with Gasteiger partial charge in [-0.25, -0.2) is 0 Å². The molecule has 1 saturated heterocycles. The van der Waals surface area contributed by atoms with Gasteiger partial charge in [-0.2, -0.15) is 13.2 Å². The normalized spacial score (nSPS) is 16.2. The number of aromatic nitrogens is 3. The second-order valence-corrected chi connectivity index (χ2v) is 7.19. The number of rotatable bonds is 6. The first-order valence-corrected chi connectivity index (χ1v) is 9.44. The Balaban J connectivity index is 1.35. The van der Waals surface area contributed by atoms with Crippen LogP contribution in [0.15, 0.2) is 34.9 Å². The van der Waals surface area contributed by atoms with Gasteiger partial charge in [-0.15, -0.1) is 10.2 Å².